The Bertz CT molecular complexity index is 982. The molecule has 0 fully saturated rings. The highest BCUT2D eigenvalue weighted by atomic mass is 16.5. The van der Waals surface area contributed by atoms with Crippen LogP contribution in [0.25, 0.3) is 16.8 Å². The van der Waals surface area contributed by atoms with Crippen molar-refractivity contribution < 1.29 is 4.74 Å². The van der Waals surface area contributed by atoms with Gasteiger partial charge in [-0.15, -0.1) is 0 Å². The highest BCUT2D eigenvalue weighted by Gasteiger charge is 2.22. The van der Waals surface area contributed by atoms with E-state index < -0.39 is 0 Å². The maximum atomic E-state index is 12.7. The molecular formula is C18H19N3O2. The minimum Gasteiger partial charge on any atom is -0.497 e. The Balaban J connectivity index is 2.03. The van der Waals surface area contributed by atoms with Crippen LogP contribution in [0.5, 0.6) is 5.75 Å². The predicted octanol–water partition coefficient (Wildman–Crippen LogP) is 2.80. The normalized spacial score (nSPS) is 13.5. The SMILES string of the molecule is COc1ccc(-c2c(C)[nH]n3c(=O)c4c(nc23)CCC4)c(C)c1. The van der Waals surface area contributed by atoms with E-state index in [2.05, 4.69) is 5.10 Å². The number of hydrogen-bond acceptors (Lipinski definition) is 3. The zero-order valence-electron chi connectivity index (χ0n) is 13.6. The molecule has 23 heavy (non-hydrogen) atoms. The zero-order valence-corrected chi connectivity index (χ0v) is 13.6. The fourth-order valence-corrected chi connectivity index (χ4v) is 3.52. The second-order valence-corrected chi connectivity index (χ2v) is 6.15. The van der Waals surface area contributed by atoms with Gasteiger partial charge in [-0.2, -0.15) is 0 Å². The van der Waals surface area contributed by atoms with Crippen LogP contribution in [0.2, 0.25) is 0 Å². The summed E-state index contributed by atoms with van der Waals surface area (Å²) in [6.45, 7) is 4.03. The molecule has 0 spiro atoms. The molecule has 1 aromatic carbocycles. The van der Waals surface area contributed by atoms with Crippen molar-refractivity contribution in [2.75, 3.05) is 7.11 Å². The second kappa shape index (κ2) is 4.98. The van der Waals surface area contributed by atoms with Gasteiger partial charge in [0.15, 0.2) is 5.65 Å². The fraction of sp³-hybridized carbons (Fsp3) is 0.333. The molecular weight excluding hydrogens is 290 g/mol. The van der Waals surface area contributed by atoms with E-state index >= 15 is 0 Å². The first kappa shape index (κ1) is 14.1. The van der Waals surface area contributed by atoms with E-state index in [0.717, 1.165) is 64.3 Å². The smallest absolute Gasteiger partial charge is 0.276 e. The van der Waals surface area contributed by atoms with Gasteiger partial charge in [0.1, 0.15) is 5.75 Å². The zero-order chi connectivity index (χ0) is 16.1. The number of aryl methyl sites for hydroxylation is 3. The maximum absolute atomic E-state index is 12.7. The van der Waals surface area contributed by atoms with Gasteiger partial charge >= 0.3 is 0 Å². The first-order chi connectivity index (χ1) is 11.1. The van der Waals surface area contributed by atoms with Crippen LogP contribution in [0.3, 0.4) is 0 Å². The lowest BCUT2D eigenvalue weighted by atomic mass is 10.0. The molecule has 1 N–H and O–H groups in total. The minimum atomic E-state index is 0.0445. The number of benzene rings is 1. The molecule has 0 atom stereocenters. The van der Waals surface area contributed by atoms with Gasteiger partial charge in [-0.05, 0) is 56.4 Å². The summed E-state index contributed by atoms with van der Waals surface area (Å²) in [5.74, 6) is 0.828. The topological polar surface area (TPSA) is 59.4 Å². The molecule has 0 bridgehead atoms. The van der Waals surface area contributed by atoms with Crippen molar-refractivity contribution in [3.8, 4) is 16.9 Å². The molecule has 0 saturated carbocycles. The van der Waals surface area contributed by atoms with Gasteiger partial charge in [0.2, 0.25) is 0 Å². The molecule has 1 aliphatic carbocycles. The Morgan fingerprint density at radius 2 is 2.09 bits per heavy atom. The fourth-order valence-electron chi connectivity index (χ4n) is 3.52. The van der Waals surface area contributed by atoms with Gasteiger partial charge in [0.25, 0.3) is 5.56 Å². The third-order valence-electron chi connectivity index (χ3n) is 4.68. The van der Waals surface area contributed by atoms with Gasteiger partial charge in [0.05, 0.1) is 12.8 Å². The molecule has 5 nitrogen and oxygen atoms in total. The van der Waals surface area contributed by atoms with E-state index in [0.29, 0.717) is 0 Å². The second-order valence-electron chi connectivity index (χ2n) is 6.15. The van der Waals surface area contributed by atoms with Crippen molar-refractivity contribution in [1.82, 2.24) is 14.6 Å². The van der Waals surface area contributed by atoms with Crippen LogP contribution in [0, 0.1) is 13.8 Å². The average Bonchev–Trinajstić information content (AvgIpc) is 3.12. The molecule has 0 radical (unpaired) electrons. The summed E-state index contributed by atoms with van der Waals surface area (Å²) in [7, 11) is 1.66. The number of H-pyrrole nitrogens is 1. The summed E-state index contributed by atoms with van der Waals surface area (Å²) >= 11 is 0. The summed E-state index contributed by atoms with van der Waals surface area (Å²) < 4.78 is 6.88. The van der Waals surface area contributed by atoms with E-state index in [-0.39, 0.29) is 5.56 Å². The Morgan fingerprint density at radius 3 is 2.83 bits per heavy atom. The summed E-state index contributed by atoms with van der Waals surface area (Å²) in [5.41, 5.74) is 6.71. The number of aromatic nitrogens is 3. The standard InChI is InChI=1S/C18H19N3O2/c1-10-9-12(23-3)7-8-13(10)16-11(2)20-21-17(16)19-15-6-4-5-14(15)18(21)22/h7-9,20H,4-6H2,1-3H3. The lowest BCUT2D eigenvalue weighted by Gasteiger charge is -2.08. The number of fused-ring (bicyclic) bond motifs is 2. The van der Waals surface area contributed by atoms with E-state index in [4.69, 9.17) is 9.72 Å². The van der Waals surface area contributed by atoms with E-state index in [1.54, 1.807) is 11.6 Å². The lowest BCUT2D eigenvalue weighted by Crippen LogP contribution is -2.20. The van der Waals surface area contributed by atoms with Crippen LogP contribution in [0.4, 0.5) is 0 Å². The minimum absolute atomic E-state index is 0.0445. The lowest BCUT2D eigenvalue weighted by molar-refractivity contribution is 0.414. The van der Waals surface area contributed by atoms with Crippen molar-refractivity contribution >= 4 is 5.65 Å². The third kappa shape index (κ3) is 2.00. The molecule has 0 aliphatic heterocycles. The highest BCUT2D eigenvalue weighted by Crippen LogP contribution is 2.32. The van der Waals surface area contributed by atoms with Crippen LogP contribution in [-0.2, 0) is 12.8 Å². The number of methoxy groups -OCH3 is 1. The van der Waals surface area contributed by atoms with Gasteiger partial charge in [-0.3, -0.25) is 9.89 Å². The van der Waals surface area contributed by atoms with Crippen molar-refractivity contribution in [2.45, 2.75) is 33.1 Å². The van der Waals surface area contributed by atoms with Crippen molar-refractivity contribution in [3.63, 3.8) is 0 Å². The van der Waals surface area contributed by atoms with Crippen molar-refractivity contribution in [2.24, 2.45) is 0 Å². The molecule has 2 heterocycles. The van der Waals surface area contributed by atoms with Crippen LogP contribution in [0.15, 0.2) is 23.0 Å². The summed E-state index contributed by atoms with van der Waals surface area (Å²) in [4.78, 5) is 17.5. The number of nitrogens with one attached hydrogen (secondary N) is 1. The number of nitrogens with zero attached hydrogens (tertiary/aromatic N) is 2. The number of hydrogen-bond donors (Lipinski definition) is 1. The Labute approximate surface area is 133 Å². The molecule has 1 aliphatic rings. The van der Waals surface area contributed by atoms with Crippen LogP contribution in [-0.4, -0.2) is 21.7 Å². The van der Waals surface area contributed by atoms with Crippen LogP contribution >= 0.6 is 0 Å². The Kier molecular flexibility index (Phi) is 3.04. The monoisotopic (exact) mass is 309 g/mol. The van der Waals surface area contributed by atoms with Gasteiger partial charge in [-0.25, -0.2) is 9.50 Å². The summed E-state index contributed by atoms with van der Waals surface area (Å²) in [6, 6.07) is 5.98. The molecule has 3 aromatic rings. The predicted molar refractivity (Wildman–Crippen MR) is 89.3 cm³/mol. The highest BCUT2D eigenvalue weighted by molar-refractivity contribution is 5.82. The molecule has 5 heteroatoms. The molecule has 0 unspecified atom stereocenters. The maximum Gasteiger partial charge on any atom is 0.276 e. The molecule has 118 valence electrons. The van der Waals surface area contributed by atoms with E-state index in [1.165, 1.54) is 0 Å². The van der Waals surface area contributed by atoms with Gasteiger partial charge in [0, 0.05) is 16.8 Å². The summed E-state index contributed by atoms with van der Waals surface area (Å²) in [5, 5.41) is 3.19. The molecule has 4 rings (SSSR count). The average molecular weight is 309 g/mol. The van der Waals surface area contributed by atoms with Crippen LogP contribution in [0.1, 0.15) is 28.9 Å². The van der Waals surface area contributed by atoms with Crippen LogP contribution < -0.4 is 10.3 Å². The number of rotatable bonds is 2. The molecule has 0 amide bonds. The largest absolute Gasteiger partial charge is 0.497 e. The molecule has 0 saturated heterocycles. The van der Waals surface area contributed by atoms with E-state index in [9.17, 15) is 4.79 Å². The third-order valence-corrected chi connectivity index (χ3v) is 4.68. The van der Waals surface area contributed by atoms with E-state index in [1.807, 2.05) is 32.0 Å². The number of aromatic amines is 1. The van der Waals surface area contributed by atoms with Crippen molar-refractivity contribution in [3.05, 3.63) is 51.1 Å². The van der Waals surface area contributed by atoms with Crippen molar-refractivity contribution in [1.29, 1.82) is 0 Å². The Morgan fingerprint density at radius 1 is 1.26 bits per heavy atom. The molecule has 2 aromatic heterocycles. The Hall–Kier alpha value is -2.56. The van der Waals surface area contributed by atoms with Gasteiger partial charge in [-0.1, -0.05) is 6.07 Å². The quantitative estimate of drug-likeness (QED) is 0.792. The first-order valence-corrected chi connectivity index (χ1v) is 7.88. The summed E-state index contributed by atoms with van der Waals surface area (Å²) in [6.07, 6.45) is 2.74. The number of ether oxygens (including phenoxy) is 1. The van der Waals surface area contributed by atoms with Gasteiger partial charge < -0.3 is 4.74 Å². The first-order valence-electron chi connectivity index (χ1n) is 7.88.